The van der Waals surface area contributed by atoms with Gasteiger partial charge in [-0.1, -0.05) is 6.92 Å². The summed E-state index contributed by atoms with van der Waals surface area (Å²) in [6.07, 6.45) is 4.29. The third-order valence-electron chi connectivity index (χ3n) is 3.99. The second-order valence-electron chi connectivity index (χ2n) is 4.91. The zero-order valence-electron chi connectivity index (χ0n) is 10.6. The van der Waals surface area contributed by atoms with E-state index in [9.17, 15) is 9.90 Å². The molecule has 19 heavy (non-hydrogen) atoms. The molecule has 0 bridgehead atoms. The third-order valence-corrected chi connectivity index (χ3v) is 3.99. The molecule has 0 spiro atoms. The van der Waals surface area contributed by atoms with Crippen molar-refractivity contribution < 1.29 is 9.90 Å². The average molecular weight is 261 g/mol. The van der Waals surface area contributed by atoms with Crippen molar-refractivity contribution in [1.29, 1.82) is 0 Å². The van der Waals surface area contributed by atoms with E-state index in [-0.39, 0.29) is 0 Å². The number of aromatic amines is 1. The first kappa shape index (κ1) is 11.9. The van der Waals surface area contributed by atoms with Gasteiger partial charge in [-0.2, -0.15) is 0 Å². The van der Waals surface area contributed by atoms with E-state index in [1.54, 1.807) is 6.33 Å². The van der Waals surface area contributed by atoms with Gasteiger partial charge in [-0.3, -0.25) is 4.79 Å². The molecule has 100 valence electrons. The molecule has 3 rings (SSSR count). The Bertz CT molecular complexity index is 625. The average Bonchev–Trinajstić information content (AvgIpc) is 3.05. The fourth-order valence-corrected chi connectivity index (χ4v) is 2.66. The number of hydrogen-bond acceptors (Lipinski definition) is 5. The Morgan fingerprint density at radius 3 is 3.05 bits per heavy atom. The normalized spacial score (nSPS) is 23.1. The zero-order chi connectivity index (χ0) is 13.5. The molecule has 0 radical (unpaired) electrons. The van der Waals surface area contributed by atoms with Crippen LogP contribution in [0, 0.1) is 5.41 Å². The number of carbonyl (C=O) groups is 1. The Morgan fingerprint density at radius 2 is 2.37 bits per heavy atom. The molecule has 1 fully saturated rings. The van der Waals surface area contributed by atoms with Crippen LogP contribution >= 0.6 is 0 Å². The van der Waals surface area contributed by atoms with Crippen molar-refractivity contribution in [1.82, 2.24) is 19.9 Å². The maximum absolute atomic E-state index is 11.5. The number of nitrogens with one attached hydrogen (secondary N) is 1. The summed E-state index contributed by atoms with van der Waals surface area (Å²) in [7, 11) is 0. The van der Waals surface area contributed by atoms with Crippen LogP contribution in [0.1, 0.15) is 19.8 Å². The molecular formula is C12H15N5O2. The lowest BCUT2D eigenvalue weighted by Crippen LogP contribution is -2.34. The van der Waals surface area contributed by atoms with E-state index in [2.05, 4.69) is 19.9 Å². The van der Waals surface area contributed by atoms with Gasteiger partial charge in [0.15, 0.2) is 11.5 Å². The number of nitrogens with zero attached hydrogens (tertiary/aromatic N) is 4. The van der Waals surface area contributed by atoms with Gasteiger partial charge in [-0.05, 0) is 12.8 Å². The van der Waals surface area contributed by atoms with Crippen molar-refractivity contribution in [3.8, 4) is 0 Å². The highest BCUT2D eigenvalue weighted by atomic mass is 16.4. The van der Waals surface area contributed by atoms with Crippen LogP contribution < -0.4 is 4.90 Å². The first-order valence-electron chi connectivity index (χ1n) is 6.29. The number of carboxylic acid groups (broad SMARTS) is 1. The Hall–Kier alpha value is -2.18. The van der Waals surface area contributed by atoms with Crippen LogP contribution in [-0.4, -0.2) is 44.1 Å². The monoisotopic (exact) mass is 261 g/mol. The molecule has 7 nitrogen and oxygen atoms in total. The SMILES string of the molecule is CCC1(C(=O)O)CCN(c2ncnc3nc[nH]c23)C1. The summed E-state index contributed by atoms with van der Waals surface area (Å²) >= 11 is 0. The Kier molecular flexibility index (Phi) is 2.62. The number of H-pyrrole nitrogens is 1. The number of imidazole rings is 1. The highest BCUT2D eigenvalue weighted by Crippen LogP contribution is 2.37. The second kappa shape index (κ2) is 4.18. The van der Waals surface area contributed by atoms with Crippen LogP contribution in [0.2, 0.25) is 0 Å². The quantitative estimate of drug-likeness (QED) is 0.857. The van der Waals surface area contributed by atoms with Crippen molar-refractivity contribution >= 4 is 23.0 Å². The molecule has 1 saturated heterocycles. The van der Waals surface area contributed by atoms with Crippen molar-refractivity contribution in [2.75, 3.05) is 18.0 Å². The van der Waals surface area contributed by atoms with E-state index in [4.69, 9.17) is 0 Å². The standard InChI is InChI=1S/C12H15N5O2/c1-2-12(11(18)19)3-4-17(5-12)10-8-9(14-6-13-8)15-7-16-10/h6-7H,2-5H2,1H3,(H,18,19)(H,13,14,15,16). The topological polar surface area (TPSA) is 95.0 Å². The number of anilines is 1. The van der Waals surface area contributed by atoms with Crippen molar-refractivity contribution in [2.24, 2.45) is 5.41 Å². The van der Waals surface area contributed by atoms with Crippen molar-refractivity contribution in [3.05, 3.63) is 12.7 Å². The number of aromatic nitrogens is 4. The zero-order valence-corrected chi connectivity index (χ0v) is 10.6. The van der Waals surface area contributed by atoms with Crippen LogP contribution in [0.3, 0.4) is 0 Å². The summed E-state index contributed by atoms with van der Waals surface area (Å²) in [6, 6.07) is 0. The number of hydrogen-bond donors (Lipinski definition) is 2. The molecular weight excluding hydrogens is 246 g/mol. The predicted molar refractivity (Wildman–Crippen MR) is 68.9 cm³/mol. The van der Waals surface area contributed by atoms with E-state index >= 15 is 0 Å². The minimum absolute atomic E-state index is 0.476. The largest absolute Gasteiger partial charge is 0.481 e. The maximum atomic E-state index is 11.5. The molecule has 1 aliphatic heterocycles. The first-order valence-corrected chi connectivity index (χ1v) is 6.29. The van der Waals surface area contributed by atoms with Crippen molar-refractivity contribution in [2.45, 2.75) is 19.8 Å². The molecule has 1 atom stereocenters. The molecule has 0 amide bonds. The van der Waals surface area contributed by atoms with Gasteiger partial charge in [0.1, 0.15) is 11.8 Å². The lowest BCUT2D eigenvalue weighted by Gasteiger charge is -2.23. The smallest absolute Gasteiger partial charge is 0.311 e. The number of carboxylic acids is 1. The molecule has 0 aromatic carbocycles. The minimum Gasteiger partial charge on any atom is -0.481 e. The van der Waals surface area contributed by atoms with Gasteiger partial charge in [0, 0.05) is 13.1 Å². The molecule has 0 saturated carbocycles. The van der Waals surface area contributed by atoms with Crippen LogP contribution in [-0.2, 0) is 4.79 Å². The number of fused-ring (bicyclic) bond motifs is 1. The van der Waals surface area contributed by atoms with Gasteiger partial charge in [0.25, 0.3) is 0 Å². The summed E-state index contributed by atoms with van der Waals surface area (Å²) in [5.41, 5.74) is 0.700. The summed E-state index contributed by atoms with van der Waals surface area (Å²) in [4.78, 5) is 28.9. The molecule has 1 unspecified atom stereocenters. The van der Waals surface area contributed by atoms with E-state index in [1.165, 1.54) is 6.33 Å². The molecule has 7 heteroatoms. The van der Waals surface area contributed by atoms with Gasteiger partial charge >= 0.3 is 5.97 Å². The molecule has 1 aliphatic rings. The highest BCUT2D eigenvalue weighted by Gasteiger charge is 2.44. The molecule has 2 N–H and O–H groups in total. The molecule has 2 aromatic heterocycles. The summed E-state index contributed by atoms with van der Waals surface area (Å²) in [6.45, 7) is 3.08. The predicted octanol–water partition coefficient (Wildman–Crippen LogP) is 1.04. The molecule has 3 heterocycles. The minimum atomic E-state index is -0.729. The van der Waals surface area contributed by atoms with E-state index in [0.717, 1.165) is 11.3 Å². The van der Waals surface area contributed by atoms with Gasteiger partial charge in [0.05, 0.1) is 11.7 Å². The second-order valence-corrected chi connectivity index (χ2v) is 4.91. The van der Waals surface area contributed by atoms with Gasteiger partial charge < -0.3 is 15.0 Å². The molecule has 2 aromatic rings. The van der Waals surface area contributed by atoms with E-state index < -0.39 is 11.4 Å². The van der Waals surface area contributed by atoms with Crippen LogP contribution in [0.25, 0.3) is 11.2 Å². The van der Waals surface area contributed by atoms with Crippen LogP contribution in [0.4, 0.5) is 5.82 Å². The van der Waals surface area contributed by atoms with Gasteiger partial charge in [0.2, 0.25) is 0 Å². The number of aliphatic carboxylic acids is 1. The summed E-state index contributed by atoms with van der Waals surface area (Å²) in [5, 5.41) is 9.42. The fraction of sp³-hybridized carbons (Fsp3) is 0.500. The van der Waals surface area contributed by atoms with E-state index in [0.29, 0.717) is 31.6 Å². The highest BCUT2D eigenvalue weighted by molar-refractivity contribution is 5.84. The first-order chi connectivity index (χ1) is 9.16. The maximum Gasteiger partial charge on any atom is 0.311 e. The number of rotatable bonds is 3. The van der Waals surface area contributed by atoms with Crippen LogP contribution in [0.5, 0.6) is 0 Å². The fourth-order valence-electron chi connectivity index (χ4n) is 2.66. The van der Waals surface area contributed by atoms with Crippen LogP contribution in [0.15, 0.2) is 12.7 Å². The summed E-state index contributed by atoms with van der Waals surface area (Å²) in [5.74, 6) is 0.00601. The van der Waals surface area contributed by atoms with E-state index in [1.807, 2.05) is 11.8 Å². The lowest BCUT2D eigenvalue weighted by atomic mass is 9.84. The van der Waals surface area contributed by atoms with Gasteiger partial charge in [-0.15, -0.1) is 0 Å². The third kappa shape index (κ3) is 1.73. The molecule has 0 aliphatic carbocycles. The van der Waals surface area contributed by atoms with Gasteiger partial charge in [-0.25, -0.2) is 15.0 Å². The van der Waals surface area contributed by atoms with Crippen molar-refractivity contribution in [3.63, 3.8) is 0 Å². The summed E-state index contributed by atoms with van der Waals surface area (Å²) < 4.78 is 0. The Labute approximate surface area is 109 Å². The Morgan fingerprint density at radius 1 is 1.53 bits per heavy atom. The Balaban J connectivity index is 1.97. The lowest BCUT2D eigenvalue weighted by molar-refractivity contribution is -0.147.